The molecule has 1 heterocycles. The predicted octanol–water partition coefficient (Wildman–Crippen LogP) is 2.48. The highest BCUT2D eigenvalue weighted by atomic mass is 16.1. The van der Waals surface area contributed by atoms with Crippen LogP contribution in [0.25, 0.3) is 10.9 Å². The molecule has 0 bridgehead atoms. The Morgan fingerprint density at radius 3 is 2.67 bits per heavy atom. The lowest BCUT2D eigenvalue weighted by Crippen LogP contribution is -2.30. The summed E-state index contributed by atoms with van der Waals surface area (Å²) >= 11 is 0. The summed E-state index contributed by atoms with van der Waals surface area (Å²) in [6.45, 7) is 0. The summed E-state index contributed by atoms with van der Waals surface area (Å²) in [5.74, 6) is 0.567. The fourth-order valence-electron chi connectivity index (χ4n) is 2.87. The molecule has 1 aliphatic rings. The van der Waals surface area contributed by atoms with Crippen LogP contribution in [0, 0.1) is 0 Å². The van der Waals surface area contributed by atoms with Gasteiger partial charge in [-0.15, -0.1) is 0 Å². The minimum Gasteiger partial charge on any atom is -0.384 e. The van der Waals surface area contributed by atoms with Gasteiger partial charge < -0.3 is 5.73 Å². The topological polar surface area (TPSA) is 60.9 Å². The molecule has 1 aromatic carbocycles. The van der Waals surface area contributed by atoms with E-state index < -0.39 is 0 Å². The second kappa shape index (κ2) is 4.44. The van der Waals surface area contributed by atoms with E-state index in [4.69, 9.17) is 5.73 Å². The molecule has 4 heteroatoms. The molecular formula is C14H17N3O. The summed E-state index contributed by atoms with van der Waals surface area (Å²) in [5.41, 5.74) is 6.65. The Labute approximate surface area is 105 Å². The van der Waals surface area contributed by atoms with E-state index in [1.807, 2.05) is 24.3 Å². The molecular weight excluding hydrogens is 226 g/mol. The smallest absolute Gasteiger partial charge is 0.349 e. The SMILES string of the molecule is Nc1c2ccccc2nc(=O)n1C1CCCCC1. The first-order valence-electron chi connectivity index (χ1n) is 6.54. The van der Waals surface area contributed by atoms with Gasteiger partial charge in [0.1, 0.15) is 5.82 Å². The van der Waals surface area contributed by atoms with Gasteiger partial charge in [0.15, 0.2) is 0 Å². The van der Waals surface area contributed by atoms with Crippen molar-refractivity contribution < 1.29 is 0 Å². The standard InChI is InChI=1S/C14H17N3O/c15-13-11-8-4-5-9-12(11)16-14(18)17(13)10-6-2-1-3-7-10/h4-5,8-10H,1-3,6-7,15H2. The number of benzene rings is 1. The predicted molar refractivity (Wildman–Crippen MR) is 72.5 cm³/mol. The van der Waals surface area contributed by atoms with Crippen LogP contribution in [-0.4, -0.2) is 9.55 Å². The van der Waals surface area contributed by atoms with Crippen LogP contribution >= 0.6 is 0 Å². The van der Waals surface area contributed by atoms with Gasteiger partial charge in [0, 0.05) is 11.4 Å². The van der Waals surface area contributed by atoms with Crippen molar-refractivity contribution in [1.29, 1.82) is 0 Å². The van der Waals surface area contributed by atoms with Crippen LogP contribution < -0.4 is 11.4 Å². The van der Waals surface area contributed by atoms with Gasteiger partial charge in [-0.2, -0.15) is 4.98 Å². The summed E-state index contributed by atoms with van der Waals surface area (Å²) in [7, 11) is 0. The van der Waals surface area contributed by atoms with Crippen LogP contribution in [0.5, 0.6) is 0 Å². The molecule has 1 aromatic heterocycles. The van der Waals surface area contributed by atoms with Crippen LogP contribution in [0.1, 0.15) is 38.1 Å². The van der Waals surface area contributed by atoms with Gasteiger partial charge >= 0.3 is 5.69 Å². The van der Waals surface area contributed by atoms with Crippen molar-refractivity contribution in [3.8, 4) is 0 Å². The maximum absolute atomic E-state index is 12.1. The Bertz CT molecular complexity index is 626. The van der Waals surface area contributed by atoms with Crippen LogP contribution in [0.15, 0.2) is 29.1 Å². The van der Waals surface area contributed by atoms with Gasteiger partial charge in [0.25, 0.3) is 0 Å². The van der Waals surface area contributed by atoms with Gasteiger partial charge in [0.2, 0.25) is 0 Å². The molecule has 2 aromatic rings. The largest absolute Gasteiger partial charge is 0.384 e. The second-order valence-corrected chi connectivity index (χ2v) is 4.96. The number of aromatic nitrogens is 2. The van der Waals surface area contributed by atoms with Crippen molar-refractivity contribution in [2.75, 3.05) is 5.73 Å². The zero-order valence-electron chi connectivity index (χ0n) is 10.3. The Kier molecular flexibility index (Phi) is 2.78. The second-order valence-electron chi connectivity index (χ2n) is 4.96. The lowest BCUT2D eigenvalue weighted by atomic mass is 9.95. The lowest BCUT2D eigenvalue weighted by molar-refractivity contribution is 0.347. The molecule has 0 radical (unpaired) electrons. The van der Waals surface area contributed by atoms with Gasteiger partial charge in [-0.25, -0.2) is 4.79 Å². The first-order chi connectivity index (χ1) is 8.77. The molecule has 0 spiro atoms. The maximum Gasteiger partial charge on any atom is 0.349 e. The van der Waals surface area contributed by atoms with Crippen molar-refractivity contribution >= 4 is 16.7 Å². The van der Waals surface area contributed by atoms with E-state index in [0.717, 1.165) is 18.2 Å². The quantitative estimate of drug-likeness (QED) is 0.837. The minimum atomic E-state index is -0.210. The number of rotatable bonds is 1. The molecule has 4 nitrogen and oxygen atoms in total. The van der Waals surface area contributed by atoms with Crippen molar-refractivity contribution in [2.45, 2.75) is 38.1 Å². The molecule has 1 saturated carbocycles. The van der Waals surface area contributed by atoms with Crippen molar-refractivity contribution in [2.24, 2.45) is 0 Å². The van der Waals surface area contributed by atoms with E-state index in [9.17, 15) is 4.79 Å². The monoisotopic (exact) mass is 243 g/mol. The van der Waals surface area contributed by atoms with Crippen LogP contribution in [0.3, 0.4) is 0 Å². The molecule has 0 aliphatic heterocycles. The highest BCUT2D eigenvalue weighted by Gasteiger charge is 2.20. The summed E-state index contributed by atoms with van der Waals surface area (Å²) in [4.78, 5) is 16.3. The minimum absolute atomic E-state index is 0.210. The third-order valence-electron chi connectivity index (χ3n) is 3.80. The summed E-state index contributed by atoms with van der Waals surface area (Å²) in [6.07, 6.45) is 5.66. The van der Waals surface area contributed by atoms with Gasteiger partial charge in [-0.3, -0.25) is 4.57 Å². The molecule has 1 fully saturated rings. The molecule has 0 saturated heterocycles. The third kappa shape index (κ3) is 1.78. The molecule has 0 unspecified atom stereocenters. The Morgan fingerprint density at radius 1 is 1.17 bits per heavy atom. The number of nitrogens with zero attached hydrogens (tertiary/aromatic N) is 2. The van der Waals surface area contributed by atoms with Crippen LogP contribution in [0.4, 0.5) is 5.82 Å². The zero-order chi connectivity index (χ0) is 12.5. The van der Waals surface area contributed by atoms with E-state index in [-0.39, 0.29) is 11.7 Å². The average Bonchev–Trinajstić information content (AvgIpc) is 2.40. The first-order valence-corrected chi connectivity index (χ1v) is 6.54. The van der Waals surface area contributed by atoms with Crippen molar-refractivity contribution in [1.82, 2.24) is 9.55 Å². The number of fused-ring (bicyclic) bond motifs is 1. The molecule has 0 atom stereocenters. The lowest BCUT2D eigenvalue weighted by Gasteiger charge is -2.25. The average molecular weight is 243 g/mol. The van der Waals surface area contributed by atoms with E-state index in [1.165, 1.54) is 19.3 Å². The third-order valence-corrected chi connectivity index (χ3v) is 3.80. The normalized spacial score (nSPS) is 17.1. The molecule has 2 N–H and O–H groups in total. The van der Waals surface area contributed by atoms with Crippen molar-refractivity contribution in [3.05, 3.63) is 34.7 Å². The highest BCUT2D eigenvalue weighted by Crippen LogP contribution is 2.30. The molecule has 0 amide bonds. The summed E-state index contributed by atoms with van der Waals surface area (Å²) < 4.78 is 1.70. The van der Waals surface area contributed by atoms with Gasteiger partial charge in [0.05, 0.1) is 5.52 Å². The number of anilines is 1. The fourth-order valence-corrected chi connectivity index (χ4v) is 2.87. The van der Waals surface area contributed by atoms with Gasteiger partial charge in [-0.05, 0) is 25.0 Å². The Morgan fingerprint density at radius 2 is 1.89 bits per heavy atom. The van der Waals surface area contributed by atoms with Crippen LogP contribution in [0.2, 0.25) is 0 Å². The van der Waals surface area contributed by atoms with E-state index in [0.29, 0.717) is 11.3 Å². The number of hydrogen-bond donors (Lipinski definition) is 1. The highest BCUT2D eigenvalue weighted by molar-refractivity contribution is 5.87. The fraction of sp³-hybridized carbons (Fsp3) is 0.429. The molecule has 18 heavy (non-hydrogen) atoms. The van der Waals surface area contributed by atoms with E-state index in [1.54, 1.807) is 4.57 Å². The van der Waals surface area contributed by atoms with Gasteiger partial charge in [-0.1, -0.05) is 31.4 Å². The van der Waals surface area contributed by atoms with Crippen molar-refractivity contribution in [3.63, 3.8) is 0 Å². The summed E-state index contributed by atoms with van der Waals surface area (Å²) in [5, 5.41) is 0.877. The Balaban J connectivity index is 2.19. The molecule has 3 rings (SSSR count). The summed E-state index contributed by atoms with van der Waals surface area (Å²) in [6, 6.07) is 7.78. The van der Waals surface area contributed by atoms with E-state index in [2.05, 4.69) is 4.98 Å². The van der Waals surface area contributed by atoms with Crippen LogP contribution in [-0.2, 0) is 0 Å². The zero-order valence-corrected chi connectivity index (χ0v) is 10.3. The number of nitrogen functional groups attached to an aromatic ring is 1. The number of nitrogens with two attached hydrogens (primary N) is 1. The van der Waals surface area contributed by atoms with E-state index >= 15 is 0 Å². The first kappa shape index (κ1) is 11.3. The maximum atomic E-state index is 12.1. The molecule has 1 aliphatic carbocycles. The molecule has 94 valence electrons. The number of hydrogen-bond acceptors (Lipinski definition) is 3. The Hall–Kier alpha value is -1.84. The number of para-hydroxylation sites is 1.